The van der Waals surface area contributed by atoms with E-state index in [1.807, 2.05) is 47.0 Å². The predicted molar refractivity (Wildman–Crippen MR) is 81.4 cm³/mol. The van der Waals surface area contributed by atoms with Crippen molar-refractivity contribution >= 4 is 21.4 Å². The van der Waals surface area contributed by atoms with Crippen LogP contribution in [-0.4, -0.2) is 23.6 Å². The van der Waals surface area contributed by atoms with Gasteiger partial charge >= 0.3 is 0 Å². The molecule has 1 aromatic carbocycles. The largest absolute Gasteiger partial charge is 0.497 e. The Hall–Kier alpha value is -2.01. The summed E-state index contributed by atoms with van der Waals surface area (Å²) < 4.78 is 13.5. The summed E-state index contributed by atoms with van der Waals surface area (Å²) in [5.41, 5.74) is 1.96. The Morgan fingerprint density at radius 3 is 2.40 bits per heavy atom. The van der Waals surface area contributed by atoms with Gasteiger partial charge in [-0.3, -0.25) is 4.40 Å². The van der Waals surface area contributed by atoms with Crippen LogP contribution >= 0.6 is 15.9 Å². The van der Waals surface area contributed by atoms with Gasteiger partial charge in [0.1, 0.15) is 21.9 Å². The predicted octanol–water partition coefficient (Wildman–Crippen LogP) is 3.78. The maximum Gasteiger partial charge on any atom is 0.146 e. The second-order valence-corrected chi connectivity index (χ2v) is 5.03. The van der Waals surface area contributed by atoms with E-state index in [2.05, 4.69) is 20.9 Å². The zero-order valence-corrected chi connectivity index (χ0v) is 12.7. The van der Waals surface area contributed by atoms with Crippen molar-refractivity contribution in [3.05, 3.63) is 47.2 Å². The average molecular weight is 333 g/mol. The van der Waals surface area contributed by atoms with Crippen LogP contribution in [0.15, 0.2) is 47.2 Å². The van der Waals surface area contributed by atoms with Gasteiger partial charge in [-0.05, 0) is 40.2 Å². The SMILES string of the molecule is COc1cc(OC)cc(-c2nc(Br)c3ccccn23)c1. The molecule has 0 amide bonds. The van der Waals surface area contributed by atoms with Crippen LogP contribution < -0.4 is 9.47 Å². The molecule has 0 atom stereocenters. The number of rotatable bonds is 3. The number of aromatic nitrogens is 2. The zero-order chi connectivity index (χ0) is 14.1. The maximum absolute atomic E-state index is 5.31. The molecule has 0 aliphatic rings. The fraction of sp³-hybridized carbons (Fsp3) is 0.133. The molecule has 5 heteroatoms. The van der Waals surface area contributed by atoms with Crippen LogP contribution in [0.25, 0.3) is 16.9 Å². The smallest absolute Gasteiger partial charge is 0.146 e. The minimum atomic E-state index is 0.739. The lowest BCUT2D eigenvalue weighted by molar-refractivity contribution is 0.394. The van der Waals surface area contributed by atoms with E-state index in [9.17, 15) is 0 Å². The van der Waals surface area contributed by atoms with Gasteiger partial charge in [-0.2, -0.15) is 0 Å². The Morgan fingerprint density at radius 1 is 1.05 bits per heavy atom. The molecule has 0 saturated carbocycles. The number of nitrogens with zero attached hydrogens (tertiary/aromatic N) is 2. The van der Waals surface area contributed by atoms with Crippen LogP contribution in [0.4, 0.5) is 0 Å². The van der Waals surface area contributed by atoms with Gasteiger partial charge in [0.15, 0.2) is 0 Å². The fourth-order valence-corrected chi connectivity index (χ4v) is 2.63. The van der Waals surface area contributed by atoms with Crippen LogP contribution in [0.2, 0.25) is 0 Å². The quantitative estimate of drug-likeness (QED) is 0.732. The first-order valence-electron chi connectivity index (χ1n) is 6.09. The molecule has 3 rings (SSSR count). The van der Waals surface area contributed by atoms with Gasteiger partial charge < -0.3 is 9.47 Å². The Morgan fingerprint density at radius 2 is 1.75 bits per heavy atom. The van der Waals surface area contributed by atoms with Crippen LogP contribution in [-0.2, 0) is 0 Å². The summed E-state index contributed by atoms with van der Waals surface area (Å²) >= 11 is 3.49. The summed E-state index contributed by atoms with van der Waals surface area (Å²) in [6.07, 6.45) is 1.98. The Labute approximate surface area is 125 Å². The van der Waals surface area contributed by atoms with Gasteiger partial charge in [-0.1, -0.05) is 6.07 Å². The topological polar surface area (TPSA) is 35.8 Å². The summed E-state index contributed by atoms with van der Waals surface area (Å²) in [7, 11) is 3.27. The van der Waals surface area contributed by atoms with Crippen molar-refractivity contribution in [2.45, 2.75) is 0 Å². The van der Waals surface area contributed by atoms with E-state index >= 15 is 0 Å². The molecule has 4 nitrogen and oxygen atoms in total. The van der Waals surface area contributed by atoms with Crippen LogP contribution in [0.1, 0.15) is 0 Å². The monoisotopic (exact) mass is 332 g/mol. The van der Waals surface area contributed by atoms with Crippen molar-refractivity contribution in [1.29, 1.82) is 0 Å². The van der Waals surface area contributed by atoms with E-state index in [4.69, 9.17) is 9.47 Å². The lowest BCUT2D eigenvalue weighted by Gasteiger charge is -2.08. The number of pyridine rings is 1. The number of methoxy groups -OCH3 is 2. The van der Waals surface area contributed by atoms with Crippen LogP contribution in [0.3, 0.4) is 0 Å². The van der Waals surface area contributed by atoms with E-state index in [0.717, 1.165) is 33.0 Å². The molecule has 0 aliphatic heterocycles. The second-order valence-electron chi connectivity index (χ2n) is 4.28. The zero-order valence-electron chi connectivity index (χ0n) is 11.1. The number of hydrogen-bond acceptors (Lipinski definition) is 3. The highest BCUT2D eigenvalue weighted by atomic mass is 79.9. The van der Waals surface area contributed by atoms with E-state index < -0.39 is 0 Å². The molecule has 2 heterocycles. The molecule has 0 spiro atoms. The molecular formula is C15H13BrN2O2. The molecule has 0 aliphatic carbocycles. The van der Waals surface area contributed by atoms with Gasteiger partial charge in [0.25, 0.3) is 0 Å². The molecule has 0 fully saturated rings. The number of ether oxygens (including phenoxy) is 2. The van der Waals surface area contributed by atoms with Gasteiger partial charge in [0.2, 0.25) is 0 Å². The van der Waals surface area contributed by atoms with Gasteiger partial charge in [-0.15, -0.1) is 0 Å². The van der Waals surface area contributed by atoms with E-state index in [0.29, 0.717) is 0 Å². The standard InChI is InChI=1S/C15H13BrN2O2/c1-19-11-7-10(8-12(9-11)20-2)15-17-14(16)13-5-3-4-6-18(13)15/h3-9H,1-2H3. The number of benzene rings is 1. The van der Waals surface area contributed by atoms with E-state index in [1.54, 1.807) is 14.2 Å². The lowest BCUT2D eigenvalue weighted by atomic mass is 10.2. The molecule has 0 saturated heterocycles. The summed E-state index contributed by atoms with van der Waals surface area (Å²) in [6.45, 7) is 0. The third kappa shape index (κ3) is 2.14. The summed E-state index contributed by atoms with van der Waals surface area (Å²) in [5, 5.41) is 0. The first-order chi connectivity index (χ1) is 9.72. The third-order valence-electron chi connectivity index (χ3n) is 3.11. The van der Waals surface area contributed by atoms with Crippen molar-refractivity contribution in [2.24, 2.45) is 0 Å². The van der Waals surface area contributed by atoms with Crippen molar-refractivity contribution in [3.8, 4) is 22.9 Å². The molecule has 0 N–H and O–H groups in total. The molecule has 0 bridgehead atoms. The van der Waals surface area contributed by atoms with Crippen molar-refractivity contribution in [2.75, 3.05) is 14.2 Å². The Kier molecular flexibility index (Phi) is 3.36. The first-order valence-corrected chi connectivity index (χ1v) is 6.88. The highest BCUT2D eigenvalue weighted by Gasteiger charge is 2.12. The van der Waals surface area contributed by atoms with Gasteiger partial charge in [-0.25, -0.2) is 4.98 Å². The van der Waals surface area contributed by atoms with Crippen molar-refractivity contribution in [3.63, 3.8) is 0 Å². The summed E-state index contributed by atoms with van der Waals surface area (Å²) in [6, 6.07) is 11.7. The number of hydrogen-bond donors (Lipinski definition) is 0. The lowest BCUT2D eigenvalue weighted by Crippen LogP contribution is -1.92. The van der Waals surface area contributed by atoms with Gasteiger partial charge in [0, 0.05) is 17.8 Å². The minimum Gasteiger partial charge on any atom is -0.497 e. The number of halogens is 1. The van der Waals surface area contributed by atoms with Crippen molar-refractivity contribution in [1.82, 2.24) is 9.38 Å². The highest BCUT2D eigenvalue weighted by Crippen LogP contribution is 2.31. The van der Waals surface area contributed by atoms with Crippen molar-refractivity contribution < 1.29 is 9.47 Å². The average Bonchev–Trinajstić information content (AvgIpc) is 2.84. The third-order valence-corrected chi connectivity index (χ3v) is 3.70. The summed E-state index contributed by atoms with van der Waals surface area (Å²) in [5.74, 6) is 2.32. The number of fused-ring (bicyclic) bond motifs is 1. The Bertz CT molecular complexity index is 745. The Balaban J connectivity index is 2.25. The minimum absolute atomic E-state index is 0.739. The van der Waals surface area contributed by atoms with Crippen LogP contribution in [0, 0.1) is 0 Å². The van der Waals surface area contributed by atoms with Gasteiger partial charge in [0.05, 0.1) is 19.7 Å². The molecule has 3 aromatic rings. The molecule has 0 radical (unpaired) electrons. The molecule has 20 heavy (non-hydrogen) atoms. The molecular weight excluding hydrogens is 320 g/mol. The molecule has 0 unspecified atom stereocenters. The summed E-state index contributed by atoms with van der Waals surface area (Å²) in [4.78, 5) is 4.58. The first kappa shape index (κ1) is 13.0. The molecule has 2 aromatic heterocycles. The number of imidazole rings is 1. The normalized spacial score (nSPS) is 10.8. The van der Waals surface area contributed by atoms with E-state index in [-0.39, 0.29) is 0 Å². The highest BCUT2D eigenvalue weighted by molar-refractivity contribution is 9.10. The molecule has 102 valence electrons. The van der Waals surface area contributed by atoms with E-state index in [1.165, 1.54) is 0 Å². The second kappa shape index (κ2) is 5.17. The maximum atomic E-state index is 5.31. The van der Waals surface area contributed by atoms with Crippen LogP contribution in [0.5, 0.6) is 11.5 Å². The fourth-order valence-electron chi connectivity index (χ4n) is 2.14.